The molecule has 0 bridgehead atoms. The number of nitrogens with two attached hydrogens (primary N) is 1. The molecule has 0 aliphatic carbocycles. The van der Waals surface area contributed by atoms with Crippen LogP contribution < -0.4 is 11.3 Å². The summed E-state index contributed by atoms with van der Waals surface area (Å²) in [5.74, 6) is -0.529. The maximum absolute atomic E-state index is 11.0. The first-order valence-electron chi connectivity index (χ1n) is 4.61. The number of aromatic nitrogens is 2. The van der Waals surface area contributed by atoms with Crippen LogP contribution in [0.1, 0.15) is 10.4 Å². The molecule has 0 fully saturated rings. The fourth-order valence-electron chi connectivity index (χ4n) is 1.32. The molecule has 0 aliphatic heterocycles. The lowest BCUT2D eigenvalue weighted by atomic mass is 10.1. The van der Waals surface area contributed by atoms with E-state index in [9.17, 15) is 9.59 Å². The molecular weight excluding hydrogens is 206 g/mol. The lowest BCUT2D eigenvalue weighted by molar-refractivity contribution is 0.1000. The lowest BCUT2D eigenvalue weighted by Gasteiger charge is -2.01. The van der Waals surface area contributed by atoms with E-state index in [4.69, 9.17) is 5.73 Å². The Hall–Kier alpha value is -2.43. The normalized spacial score (nSPS) is 10.0. The molecule has 5 nitrogen and oxygen atoms in total. The van der Waals surface area contributed by atoms with Gasteiger partial charge in [0.2, 0.25) is 11.5 Å². The molecule has 2 rings (SSSR count). The van der Waals surface area contributed by atoms with Gasteiger partial charge >= 0.3 is 0 Å². The zero-order chi connectivity index (χ0) is 11.5. The second-order valence-electron chi connectivity index (χ2n) is 3.27. The van der Waals surface area contributed by atoms with Gasteiger partial charge in [-0.25, -0.2) is 0 Å². The average molecular weight is 215 g/mol. The summed E-state index contributed by atoms with van der Waals surface area (Å²) in [6, 6.07) is 4.69. The first-order valence-corrected chi connectivity index (χ1v) is 4.61. The third-order valence-electron chi connectivity index (χ3n) is 2.14. The Morgan fingerprint density at radius 3 is 2.69 bits per heavy atom. The van der Waals surface area contributed by atoms with E-state index in [-0.39, 0.29) is 5.56 Å². The molecule has 0 saturated carbocycles. The number of aromatic amines is 1. The van der Waals surface area contributed by atoms with Gasteiger partial charge in [0.05, 0.1) is 5.56 Å². The summed E-state index contributed by atoms with van der Waals surface area (Å²) in [5, 5.41) is 0. The van der Waals surface area contributed by atoms with Crippen molar-refractivity contribution in [3.63, 3.8) is 0 Å². The van der Waals surface area contributed by atoms with E-state index in [0.717, 1.165) is 11.1 Å². The van der Waals surface area contributed by atoms with Crippen molar-refractivity contribution in [2.24, 2.45) is 5.73 Å². The second kappa shape index (κ2) is 3.98. The number of H-pyrrole nitrogens is 1. The SMILES string of the molecule is NC(=O)c1cncc(-c2ccc(=O)[nH]c2)c1. The molecule has 80 valence electrons. The van der Waals surface area contributed by atoms with Crippen molar-refractivity contribution in [1.29, 1.82) is 0 Å². The summed E-state index contributed by atoms with van der Waals surface area (Å²) in [5.41, 5.74) is 6.81. The van der Waals surface area contributed by atoms with Crippen molar-refractivity contribution in [2.45, 2.75) is 0 Å². The predicted octanol–water partition coefficient (Wildman–Crippen LogP) is 0.536. The van der Waals surface area contributed by atoms with Crippen LogP contribution in [0.2, 0.25) is 0 Å². The minimum atomic E-state index is -0.529. The van der Waals surface area contributed by atoms with Crippen LogP contribution in [0.3, 0.4) is 0 Å². The molecule has 2 aromatic heterocycles. The summed E-state index contributed by atoms with van der Waals surface area (Å²) in [6.07, 6.45) is 4.56. The van der Waals surface area contributed by atoms with Crippen molar-refractivity contribution in [3.05, 3.63) is 52.7 Å². The summed E-state index contributed by atoms with van der Waals surface area (Å²) in [6.45, 7) is 0. The van der Waals surface area contributed by atoms with Crippen LogP contribution >= 0.6 is 0 Å². The number of carbonyl (C=O) groups is 1. The molecule has 0 aromatic carbocycles. The molecule has 0 spiro atoms. The van der Waals surface area contributed by atoms with Gasteiger partial charge in [-0.2, -0.15) is 0 Å². The quantitative estimate of drug-likeness (QED) is 0.766. The molecule has 0 saturated heterocycles. The first kappa shape index (κ1) is 10.1. The average Bonchev–Trinajstić information content (AvgIpc) is 2.30. The smallest absolute Gasteiger partial charge is 0.250 e. The maximum Gasteiger partial charge on any atom is 0.250 e. The van der Waals surface area contributed by atoms with E-state index in [1.165, 1.54) is 12.3 Å². The predicted molar refractivity (Wildman–Crippen MR) is 58.8 cm³/mol. The Bertz CT molecular complexity index is 569. The van der Waals surface area contributed by atoms with Gasteiger partial charge in [0.1, 0.15) is 0 Å². The number of rotatable bonds is 2. The third kappa shape index (κ3) is 1.98. The van der Waals surface area contributed by atoms with E-state index >= 15 is 0 Å². The minimum Gasteiger partial charge on any atom is -0.366 e. The van der Waals surface area contributed by atoms with E-state index in [1.807, 2.05) is 0 Å². The standard InChI is InChI=1S/C11H9N3O2/c12-11(16)9-3-8(4-13-5-9)7-1-2-10(15)14-6-7/h1-6H,(H2,12,16)(H,14,15). The van der Waals surface area contributed by atoms with E-state index in [0.29, 0.717) is 5.56 Å². The van der Waals surface area contributed by atoms with Gasteiger partial charge in [0.25, 0.3) is 0 Å². The summed E-state index contributed by atoms with van der Waals surface area (Å²) < 4.78 is 0. The molecule has 0 atom stereocenters. The molecule has 0 unspecified atom stereocenters. The molecular formula is C11H9N3O2. The van der Waals surface area contributed by atoms with Crippen LogP contribution in [0.15, 0.2) is 41.6 Å². The minimum absolute atomic E-state index is 0.178. The Kier molecular flexibility index (Phi) is 2.51. The number of nitrogens with zero attached hydrogens (tertiary/aromatic N) is 1. The van der Waals surface area contributed by atoms with Crippen LogP contribution in [0.25, 0.3) is 11.1 Å². The third-order valence-corrected chi connectivity index (χ3v) is 2.14. The molecule has 0 radical (unpaired) electrons. The first-order chi connectivity index (χ1) is 7.66. The van der Waals surface area contributed by atoms with Gasteiger partial charge in [0.15, 0.2) is 0 Å². The molecule has 3 N–H and O–H groups in total. The number of amides is 1. The van der Waals surface area contributed by atoms with Crippen molar-refractivity contribution >= 4 is 5.91 Å². The molecule has 16 heavy (non-hydrogen) atoms. The van der Waals surface area contributed by atoms with Gasteiger partial charge in [-0.05, 0) is 17.7 Å². The monoisotopic (exact) mass is 215 g/mol. The van der Waals surface area contributed by atoms with Crippen LogP contribution in [-0.2, 0) is 0 Å². The topological polar surface area (TPSA) is 88.8 Å². The Morgan fingerprint density at radius 1 is 1.25 bits per heavy atom. The largest absolute Gasteiger partial charge is 0.366 e. The van der Waals surface area contributed by atoms with Crippen molar-refractivity contribution in [3.8, 4) is 11.1 Å². The molecule has 2 aromatic rings. The summed E-state index contributed by atoms with van der Waals surface area (Å²) >= 11 is 0. The number of pyridine rings is 2. The number of carbonyl (C=O) groups excluding carboxylic acids is 1. The number of hydrogen-bond acceptors (Lipinski definition) is 3. The zero-order valence-corrected chi connectivity index (χ0v) is 8.31. The van der Waals surface area contributed by atoms with E-state index in [2.05, 4.69) is 9.97 Å². The number of nitrogens with one attached hydrogen (secondary N) is 1. The van der Waals surface area contributed by atoms with Crippen LogP contribution in [0, 0.1) is 0 Å². The zero-order valence-electron chi connectivity index (χ0n) is 8.31. The van der Waals surface area contributed by atoms with Crippen molar-refractivity contribution in [1.82, 2.24) is 9.97 Å². The molecule has 0 aliphatic rings. The number of primary amides is 1. The molecule has 2 heterocycles. The lowest BCUT2D eigenvalue weighted by Crippen LogP contribution is -2.11. The van der Waals surface area contributed by atoms with E-state index < -0.39 is 5.91 Å². The highest BCUT2D eigenvalue weighted by Crippen LogP contribution is 2.16. The van der Waals surface area contributed by atoms with Gasteiger partial charge < -0.3 is 10.7 Å². The Labute approximate surface area is 91.0 Å². The summed E-state index contributed by atoms with van der Waals surface area (Å²) in [7, 11) is 0. The van der Waals surface area contributed by atoms with E-state index in [1.54, 1.807) is 24.5 Å². The highest BCUT2D eigenvalue weighted by atomic mass is 16.1. The highest BCUT2D eigenvalue weighted by molar-refractivity contribution is 5.93. The van der Waals surface area contributed by atoms with Crippen LogP contribution in [-0.4, -0.2) is 15.9 Å². The van der Waals surface area contributed by atoms with Gasteiger partial charge in [0, 0.05) is 30.2 Å². The highest BCUT2D eigenvalue weighted by Gasteiger charge is 2.03. The van der Waals surface area contributed by atoms with Crippen molar-refractivity contribution in [2.75, 3.05) is 0 Å². The van der Waals surface area contributed by atoms with Gasteiger partial charge in [-0.3, -0.25) is 14.6 Å². The molecule has 5 heteroatoms. The maximum atomic E-state index is 11.0. The van der Waals surface area contributed by atoms with Gasteiger partial charge in [-0.15, -0.1) is 0 Å². The second-order valence-corrected chi connectivity index (χ2v) is 3.27. The fraction of sp³-hybridized carbons (Fsp3) is 0. The van der Waals surface area contributed by atoms with Gasteiger partial charge in [-0.1, -0.05) is 0 Å². The fourth-order valence-corrected chi connectivity index (χ4v) is 1.32. The number of hydrogen-bond donors (Lipinski definition) is 2. The van der Waals surface area contributed by atoms with Crippen LogP contribution in [0.4, 0.5) is 0 Å². The summed E-state index contributed by atoms with van der Waals surface area (Å²) in [4.78, 5) is 28.3. The Morgan fingerprint density at radius 2 is 2.06 bits per heavy atom. The van der Waals surface area contributed by atoms with Crippen LogP contribution in [0.5, 0.6) is 0 Å². The molecule has 1 amide bonds. The Balaban J connectivity index is 2.48. The van der Waals surface area contributed by atoms with Crippen molar-refractivity contribution < 1.29 is 4.79 Å².